The predicted octanol–water partition coefficient (Wildman–Crippen LogP) is 2.93. The summed E-state index contributed by atoms with van der Waals surface area (Å²) in [5.41, 5.74) is 3.80. The zero-order chi connectivity index (χ0) is 21.3. The van der Waals surface area contributed by atoms with Crippen molar-refractivity contribution >= 4 is 29.9 Å². The van der Waals surface area contributed by atoms with Gasteiger partial charge in [-0.25, -0.2) is 0 Å². The number of para-hydroxylation sites is 1. The molecule has 8 heteroatoms. The van der Waals surface area contributed by atoms with Crippen LogP contribution in [-0.4, -0.2) is 71.9 Å². The van der Waals surface area contributed by atoms with Crippen molar-refractivity contribution in [3.05, 3.63) is 47.3 Å². The van der Waals surface area contributed by atoms with Gasteiger partial charge in [0.05, 0.1) is 5.69 Å². The van der Waals surface area contributed by atoms with Gasteiger partial charge in [-0.05, 0) is 25.0 Å². The molecule has 1 N–H and O–H groups in total. The number of hydrogen-bond acceptors (Lipinski definition) is 4. The van der Waals surface area contributed by atoms with Crippen LogP contribution in [0.4, 0.5) is 0 Å². The van der Waals surface area contributed by atoms with Crippen LogP contribution in [0.5, 0.6) is 5.75 Å². The second kappa shape index (κ2) is 12.9. The average Bonchev–Trinajstić information content (AvgIpc) is 3.10. The number of nitrogens with one attached hydrogen (secondary N) is 1. The number of guanidine groups is 1. The maximum absolute atomic E-state index is 5.84. The fourth-order valence-electron chi connectivity index (χ4n) is 4.09. The molecule has 7 nitrogen and oxygen atoms in total. The molecule has 31 heavy (non-hydrogen) atoms. The van der Waals surface area contributed by atoms with Gasteiger partial charge >= 0.3 is 0 Å². The summed E-state index contributed by atoms with van der Waals surface area (Å²) in [6.07, 6.45) is 1.94. The summed E-state index contributed by atoms with van der Waals surface area (Å²) in [7, 11) is 3.91. The Morgan fingerprint density at radius 3 is 2.42 bits per heavy atom. The molecule has 0 bridgehead atoms. The molecule has 172 valence electrons. The predicted molar refractivity (Wildman–Crippen MR) is 138 cm³/mol. The first-order valence-electron chi connectivity index (χ1n) is 11.1. The number of piperazine rings is 1. The topological polar surface area (TPSA) is 57.9 Å². The Balaban J connectivity index is 0.00000341. The molecule has 0 saturated carbocycles. The monoisotopic (exact) mass is 540 g/mol. The van der Waals surface area contributed by atoms with Gasteiger partial charge in [0.2, 0.25) is 0 Å². The first kappa shape index (κ1) is 25.5. The Morgan fingerprint density at radius 2 is 1.81 bits per heavy atom. The first-order chi connectivity index (χ1) is 14.7. The van der Waals surface area contributed by atoms with Crippen LogP contribution in [0.15, 0.2) is 35.3 Å². The van der Waals surface area contributed by atoms with Crippen LogP contribution in [-0.2, 0) is 26.4 Å². The van der Waals surface area contributed by atoms with Crippen molar-refractivity contribution in [1.82, 2.24) is 24.9 Å². The van der Waals surface area contributed by atoms with Gasteiger partial charge in [0.1, 0.15) is 12.4 Å². The molecule has 2 heterocycles. The number of ether oxygens (including phenoxy) is 1. The van der Waals surface area contributed by atoms with Gasteiger partial charge in [-0.3, -0.25) is 14.6 Å². The highest BCUT2D eigenvalue weighted by Crippen LogP contribution is 2.15. The van der Waals surface area contributed by atoms with Crippen molar-refractivity contribution in [3.63, 3.8) is 0 Å². The number of hydrogen-bond donors (Lipinski definition) is 1. The maximum atomic E-state index is 5.84. The zero-order valence-corrected chi connectivity index (χ0v) is 21.6. The fraction of sp³-hybridized carbons (Fsp3) is 0.565. The summed E-state index contributed by atoms with van der Waals surface area (Å²) in [6.45, 7) is 10.8. The molecule has 0 spiro atoms. The van der Waals surface area contributed by atoms with Crippen molar-refractivity contribution in [2.75, 3.05) is 46.4 Å². The molecule has 1 aromatic carbocycles. The van der Waals surface area contributed by atoms with E-state index in [9.17, 15) is 0 Å². The number of aliphatic imine (C=N–C) groups is 1. The van der Waals surface area contributed by atoms with Gasteiger partial charge in [-0.2, -0.15) is 5.10 Å². The van der Waals surface area contributed by atoms with Crippen LogP contribution in [0.1, 0.15) is 30.8 Å². The Kier molecular flexibility index (Phi) is 10.6. The third-order valence-electron chi connectivity index (χ3n) is 5.75. The maximum Gasteiger partial charge on any atom is 0.194 e. The molecule has 1 aliphatic heterocycles. The summed E-state index contributed by atoms with van der Waals surface area (Å²) in [5, 5.41) is 8.26. The minimum atomic E-state index is 0. The molecule has 1 saturated heterocycles. The number of nitrogens with zero attached hydrogens (tertiary/aromatic N) is 5. The van der Waals surface area contributed by atoms with E-state index in [0.717, 1.165) is 70.4 Å². The molecular formula is C23H37IN6O. The minimum absolute atomic E-state index is 0. The van der Waals surface area contributed by atoms with Crippen LogP contribution < -0.4 is 10.1 Å². The largest absolute Gasteiger partial charge is 0.492 e. The minimum Gasteiger partial charge on any atom is -0.492 e. The van der Waals surface area contributed by atoms with Crippen molar-refractivity contribution in [3.8, 4) is 5.75 Å². The van der Waals surface area contributed by atoms with Crippen LogP contribution in [0, 0.1) is 0 Å². The van der Waals surface area contributed by atoms with Crippen molar-refractivity contribution in [2.24, 2.45) is 12.0 Å². The standard InChI is InChI=1S/C23H36N6O.HI/c1-5-21-20(22(6-2)27(4)26-21)18-25-23(24-3)29-14-12-28(13-15-29)16-17-30-19-10-8-7-9-11-19;/h7-11H,5-6,12-18H2,1-4H3,(H,24,25);1H. The third-order valence-corrected chi connectivity index (χ3v) is 5.75. The van der Waals surface area contributed by atoms with Crippen molar-refractivity contribution in [2.45, 2.75) is 33.2 Å². The summed E-state index contributed by atoms with van der Waals surface area (Å²) in [4.78, 5) is 9.34. The van der Waals surface area contributed by atoms with Gasteiger partial charge < -0.3 is 15.0 Å². The van der Waals surface area contributed by atoms with E-state index in [2.05, 4.69) is 39.1 Å². The molecule has 0 atom stereocenters. The zero-order valence-electron chi connectivity index (χ0n) is 19.3. The molecule has 0 unspecified atom stereocenters. The quantitative estimate of drug-likeness (QED) is 0.317. The van der Waals surface area contributed by atoms with E-state index in [1.54, 1.807) is 0 Å². The van der Waals surface area contributed by atoms with Crippen molar-refractivity contribution in [1.29, 1.82) is 0 Å². The van der Waals surface area contributed by atoms with E-state index in [0.29, 0.717) is 0 Å². The van der Waals surface area contributed by atoms with Gasteiger partial charge in [0.25, 0.3) is 0 Å². The molecule has 1 aromatic heterocycles. The Bertz CT molecular complexity index is 815. The number of aryl methyl sites for hydroxylation is 2. The third kappa shape index (κ3) is 6.83. The highest BCUT2D eigenvalue weighted by Gasteiger charge is 2.20. The molecule has 1 aliphatic rings. The SMILES string of the molecule is CCc1nn(C)c(CC)c1CNC(=NC)N1CCN(CCOc2ccccc2)CC1.I. The lowest BCUT2D eigenvalue weighted by Crippen LogP contribution is -2.52. The molecule has 0 radical (unpaired) electrons. The fourth-order valence-corrected chi connectivity index (χ4v) is 4.09. The number of rotatable bonds is 8. The Morgan fingerprint density at radius 1 is 1.10 bits per heavy atom. The van der Waals surface area contributed by atoms with Crippen LogP contribution in [0.3, 0.4) is 0 Å². The van der Waals surface area contributed by atoms with E-state index in [4.69, 9.17) is 4.74 Å². The summed E-state index contributed by atoms with van der Waals surface area (Å²) >= 11 is 0. The highest BCUT2D eigenvalue weighted by molar-refractivity contribution is 14.0. The molecular weight excluding hydrogens is 503 g/mol. The van der Waals surface area contributed by atoms with E-state index >= 15 is 0 Å². The summed E-state index contributed by atoms with van der Waals surface area (Å²) in [5.74, 6) is 1.91. The first-order valence-corrected chi connectivity index (χ1v) is 11.1. The number of aromatic nitrogens is 2. The van der Waals surface area contributed by atoms with Gasteiger partial charge in [-0.15, -0.1) is 24.0 Å². The number of benzene rings is 1. The van der Waals surface area contributed by atoms with Crippen LogP contribution in [0.25, 0.3) is 0 Å². The van der Waals surface area contributed by atoms with Crippen molar-refractivity contribution < 1.29 is 4.74 Å². The lowest BCUT2D eigenvalue weighted by atomic mass is 10.1. The average molecular weight is 540 g/mol. The summed E-state index contributed by atoms with van der Waals surface area (Å²) in [6, 6.07) is 10.0. The molecule has 3 rings (SSSR count). The summed E-state index contributed by atoms with van der Waals surface area (Å²) < 4.78 is 7.86. The van der Waals surface area contributed by atoms with Crippen LogP contribution in [0.2, 0.25) is 0 Å². The molecule has 2 aromatic rings. The second-order valence-electron chi connectivity index (χ2n) is 7.59. The second-order valence-corrected chi connectivity index (χ2v) is 7.59. The highest BCUT2D eigenvalue weighted by atomic mass is 127. The van der Waals surface area contributed by atoms with E-state index in [1.807, 2.05) is 49.1 Å². The lowest BCUT2D eigenvalue weighted by molar-refractivity contribution is 0.152. The van der Waals surface area contributed by atoms with E-state index in [-0.39, 0.29) is 24.0 Å². The molecule has 1 fully saturated rings. The van der Waals surface area contributed by atoms with E-state index < -0.39 is 0 Å². The molecule has 0 amide bonds. The lowest BCUT2D eigenvalue weighted by Gasteiger charge is -2.36. The smallest absolute Gasteiger partial charge is 0.194 e. The van der Waals surface area contributed by atoms with Gasteiger partial charge in [-0.1, -0.05) is 32.0 Å². The van der Waals surface area contributed by atoms with Crippen LogP contribution >= 0.6 is 24.0 Å². The number of halogens is 1. The van der Waals surface area contributed by atoms with E-state index in [1.165, 1.54) is 17.0 Å². The normalized spacial score (nSPS) is 15.0. The molecule has 0 aliphatic carbocycles. The van der Waals surface area contributed by atoms with Gasteiger partial charge in [0, 0.05) is 64.6 Å². The Labute approximate surface area is 203 Å². The van der Waals surface area contributed by atoms with Gasteiger partial charge in [0.15, 0.2) is 5.96 Å². The Hall–Kier alpha value is -1.81.